The fourth-order valence-corrected chi connectivity index (χ4v) is 10.5. The molecule has 0 aromatic carbocycles. The molecule has 190 valence electrons. The molecular weight excluding hydrogens is 434 g/mol. The average Bonchev–Trinajstić information content (AvgIpc) is 2.79. The molecule has 4 heteroatoms. The number of carboxylic acid groups (broad SMARTS) is 1. The van der Waals surface area contributed by atoms with Crippen molar-refractivity contribution in [3.8, 4) is 6.07 Å². The van der Waals surface area contributed by atoms with E-state index in [1.165, 1.54) is 5.57 Å². The van der Waals surface area contributed by atoms with Crippen LogP contribution >= 0.6 is 0 Å². The summed E-state index contributed by atoms with van der Waals surface area (Å²) >= 11 is 0. The lowest BCUT2D eigenvalue weighted by atomic mass is 9.34. The molecule has 9 atom stereocenters. The van der Waals surface area contributed by atoms with Gasteiger partial charge in [0.1, 0.15) is 6.07 Å². The number of nitrogens with zero attached hydrogens (tertiary/aromatic N) is 1. The first-order valence-corrected chi connectivity index (χ1v) is 13.8. The van der Waals surface area contributed by atoms with Crippen molar-refractivity contribution in [2.45, 2.75) is 93.4 Å². The molecule has 3 saturated carbocycles. The van der Waals surface area contributed by atoms with Gasteiger partial charge in [-0.1, -0.05) is 66.2 Å². The maximum atomic E-state index is 13.2. The Morgan fingerprint density at radius 2 is 1.71 bits per heavy atom. The third-order valence-corrected chi connectivity index (χ3v) is 12.9. The van der Waals surface area contributed by atoms with E-state index in [0.29, 0.717) is 23.3 Å². The van der Waals surface area contributed by atoms with E-state index in [1.54, 1.807) is 0 Å². The van der Waals surface area contributed by atoms with E-state index >= 15 is 0 Å². The summed E-state index contributed by atoms with van der Waals surface area (Å²) in [6.45, 7) is 15.9. The summed E-state index contributed by atoms with van der Waals surface area (Å²) in [6, 6.07) is 2.24. The van der Waals surface area contributed by atoms with Crippen LogP contribution in [0.3, 0.4) is 0 Å². The standard InChI is InChI=1S/C31H43NO3/c1-18-10-13-31(26(34)35)15-14-29(6)21(24(31)19(18)2)8-9-23-28(5)16-20(17-32)25(33)27(3,4)22(28)11-12-30(23,29)7/h8,16,18-19,22-24H,9-15H2,1-7H3,(H,34,35)/t18-,19+,22+,23-,24?,28+,29-,30-,31+/m1/s1. The number of ketones is 1. The normalized spacial score (nSPS) is 50.3. The molecular formula is C31H43NO3. The highest BCUT2D eigenvalue weighted by Gasteiger charge is 2.69. The summed E-state index contributed by atoms with van der Waals surface area (Å²) in [5.74, 6) is 0.924. The summed E-state index contributed by atoms with van der Waals surface area (Å²) in [6.07, 6.45) is 10.9. The first-order valence-electron chi connectivity index (χ1n) is 13.8. The summed E-state index contributed by atoms with van der Waals surface area (Å²) in [4.78, 5) is 26.0. The SMILES string of the molecule is C[C@@H]1CC[C@]2(C(=O)O)CC[C@]3(C)C(=CC[C@@H]4[C@@]5(C)C=C(C#N)C(=O)C(C)(C)[C@@H]5CC[C@]43C)C2[C@H]1C. The van der Waals surface area contributed by atoms with Crippen LogP contribution in [0.5, 0.6) is 0 Å². The Morgan fingerprint density at radius 3 is 2.34 bits per heavy atom. The van der Waals surface area contributed by atoms with E-state index in [1.807, 2.05) is 19.9 Å². The monoisotopic (exact) mass is 477 g/mol. The summed E-state index contributed by atoms with van der Waals surface area (Å²) in [5, 5.41) is 20.4. The lowest BCUT2D eigenvalue weighted by Crippen LogP contribution is -2.64. The Morgan fingerprint density at radius 1 is 1.03 bits per heavy atom. The Bertz CT molecular complexity index is 1090. The highest BCUT2D eigenvalue weighted by Crippen LogP contribution is 2.75. The van der Waals surface area contributed by atoms with Gasteiger partial charge in [0.25, 0.3) is 0 Å². The molecule has 0 aromatic heterocycles. The second-order valence-corrected chi connectivity index (χ2v) is 14.2. The number of hydrogen-bond acceptors (Lipinski definition) is 3. The quantitative estimate of drug-likeness (QED) is 0.414. The molecule has 0 radical (unpaired) electrons. The van der Waals surface area contributed by atoms with E-state index < -0.39 is 16.8 Å². The highest BCUT2D eigenvalue weighted by atomic mass is 16.4. The number of rotatable bonds is 1. The van der Waals surface area contributed by atoms with Gasteiger partial charge in [0.05, 0.1) is 11.0 Å². The molecule has 0 aliphatic heterocycles. The molecule has 0 bridgehead atoms. The van der Waals surface area contributed by atoms with Gasteiger partial charge in [0.15, 0.2) is 5.78 Å². The van der Waals surface area contributed by atoms with Gasteiger partial charge in [-0.2, -0.15) is 5.26 Å². The summed E-state index contributed by atoms with van der Waals surface area (Å²) < 4.78 is 0. The Hall–Kier alpha value is -1.89. The zero-order valence-corrected chi connectivity index (χ0v) is 22.7. The first kappa shape index (κ1) is 24.8. The van der Waals surface area contributed by atoms with E-state index in [4.69, 9.17) is 0 Å². The number of hydrogen-bond donors (Lipinski definition) is 1. The maximum absolute atomic E-state index is 13.2. The van der Waals surface area contributed by atoms with E-state index in [2.05, 4.69) is 46.8 Å². The van der Waals surface area contributed by atoms with Crippen LogP contribution in [-0.4, -0.2) is 16.9 Å². The largest absolute Gasteiger partial charge is 0.481 e. The van der Waals surface area contributed by atoms with Gasteiger partial charge in [-0.15, -0.1) is 0 Å². The lowest BCUT2D eigenvalue weighted by molar-refractivity contribution is -0.176. The van der Waals surface area contributed by atoms with Crippen LogP contribution in [0.25, 0.3) is 0 Å². The van der Waals surface area contributed by atoms with E-state index in [-0.39, 0.29) is 33.9 Å². The zero-order valence-electron chi connectivity index (χ0n) is 22.7. The highest BCUT2D eigenvalue weighted by molar-refractivity contribution is 6.04. The Labute approximate surface area is 211 Å². The zero-order chi connectivity index (χ0) is 25.8. The van der Waals surface area contributed by atoms with Crippen molar-refractivity contribution in [2.24, 2.45) is 56.7 Å². The summed E-state index contributed by atoms with van der Waals surface area (Å²) in [7, 11) is 0. The van der Waals surface area contributed by atoms with Crippen LogP contribution in [0.4, 0.5) is 0 Å². The minimum Gasteiger partial charge on any atom is -0.481 e. The third kappa shape index (κ3) is 2.79. The molecule has 5 aliphatic rings. The molecule has 0 amide bonds. The van der Waals surface area contributed by atoms with E-state index in [9.17, 15) is 20.0 Å². The fraction of sp³-hybridized carbons (Fsp3) is 0.774. The molecule has 0 spiro atoms. The third-order valence-electron chi connectivity index (χ3n) is 12.9. The number of Topliss-reactive ketones (excluding diaryl/α,β-unsaturated/α-hetero) is 1. The Kier molecular flexibility index (Phi) is 5.19. The van der Waals surface area contributed by atoms with Crippen molar-refractivity contribution in [1.29, 1.82) is 5.26 Å². The van der Waals surface area contributed by atoms with Crippen LogP contribution in [0.2, 0.25) is 0 Å². The van der Waals surface area contributed by atoms with Crippen molar-refractivity contribution >= 4 is 11.8 Å². The second-order valence-electron chi connectivity index (χ2n) is 14.2. The molecule has 35 heavy (non-hydrogen) atoms. The van der Waals surface area contributed by atoms with Crippen LogP contribution < -0.4 is 0 Å². The molecule has 0 saturated heterocycles. The van der Waals surface area contributed by atoms with Gasteiger partial charge >= 0.3 is 5.97 Å². The minimum absolute atomic E-state index is 0.000928. The van der Waals surface area contributed by atoms with Crippen molar-refractivity contribution in [3.05, 3.63) is 23.3 Å². The van der Waals surface area contributed by atoms with Gasteiger partial charge in [-0.25, -0.2) is 0 Å². The van der Waals surface area contributed by atoms with Crippen molar-refractivity contribution in [2.75, 3.05) is 0 Å². The van der Waals surface area contributed by atoms with Crippen LogP contribution in [-0.2, 0) is 9.59 Å². The predicted octanol–water partition coefficient (Wildman–Crippen LogP) is 6.97. The molecule has 5 aliphatic carbocycles. The molecule has 3 fully saturated rings. The number of allylic oxidation sites excluding steroid dienone is 4. The molecule has 0 heterocycles. The van der Waals surface area contributed by atoms with Gasteiger partial charge in [0.2, 0.25) is 0 Å². The first-order chi connectivity index (χ1) is 16.2. The number of carboxylic acids is 1. The second kappa shape index (κ2) is 7.33. The fourth-order valence-electron chi connectivity index (χ4n) is 10.5. The van der Waals surface area contributed by atoms with Gasteiger partial charge in [-0.05, 0) is 90.8 Å². The lowest BCUT2D eigenvalue weighted by Gasteiger charge is -2.70. The molecule has 1 N–H and O–H groups in total. The number of nitriles is 1. The van der Waals surface area contributed by atoms with Gasteiger partial charge in [0, 0.05) is 5.41 Å². The molecule has 4 nitrogen and oxygen atoms in total. The number of aliphatic carboxylic acids is 1. The number of fused-ring (bicyclic) bond motifs is 7. The van der Waals surface area contributed by atoms with Crippen LogP contribution in [0, 0.1) is 68.0 Å². The van der Waals surface area contributed by atoms with Crippen molar-refractivity contribution in [1.82, 2.24) is 0 Å². The summed E-state index contributed by atoms with van der Waals surface area (Å²) in [5.41, 5.74) is 0.288. The van der Waals surface area contributed by atoms with E-state index in [0.717, 1.165) is 44.9 Å². The van der Waals surface area contributed by atoms with Gasteiger partial charge in [-0.3, -0.25) is 9.59 Å². The molecule has 1 unspecified atom stereocenters. The van der Waals surface area contributed by atoms with Crippen molar-refractivity contribution < 1.29 is 14.7 Å². The minimum atomic E-state index is -0.630. The molecule has 5 rings (SSSR count). The van der Waals surface area contributed by atoms with Crippen LogP contribution in [0.15, 0.2) is 23.3 Å². The van der Waals surface area contributed by atoms with Crippen molar-refractivity contribution in [3.63, 3.8) is 0 Å². The van der Waals surface area contributed by atoms with Gasteiger partial charge < -0.3 is 5.11 Å². The Balaban J connectivity index is 1.67. The van der Waals surface area contributed by atoms with Crippen LogP contribution in [0.1, 0.15) is 93.4 Å². The topological polar surface area (TPSA) is 78.2 Å². The predicted molar refractivity (Wildman–Crippen MR) is 136 cm³/mol. The number of carbonyl (C=O) groups excluding carboxylic acids is 1. The maximum Gasteiger partial charge on any atom is 0.310 e. The number of carbonyl (C=O) groups is 2. The smallest absolute Gasteiger partial charge is 0.310 e. The molecule has 0 aromatic rings. The average molecular weight is 478 g/mol.